The van der Waals surface area contributed by atoms with Crippen molar-refractivity contribution in [3.63, 3.8) is 0 Å². The number of piperidine rings is 1. The van der Waals surface area contributed by atoms with Crippen molar-refractivity contribution in [2.45, 2.75) is 24.9 Å². The molecule has 1 aliphatic heterocycles. The minimum Gasteiger partial charge on any atom is -0.383 e. The fourth-order valence-corrected chi connectivity index (χ4v) is 3.30. The van der Waals surface area contributed by atoms with Crippen molar-refractivity contribution >= 4 is 35.1 Å². The quantitative estimate of drug-likeness (QED) is 0.564. The standard InChI is InChI=1S/C18H22ClN7O2/c19-12-3-1-11(2-4-12)9-23-17(28)18(22)5-7-26(8-6-18)16-13(15(21)27)14(20)24-10-25-16/h1-4,10H,5-9,22H2,(H2,21,27)(H,23,28)(H2,20,24,25). The van der Waals surface area contributed by atoms with E-state index in [0.29, 0.717) is 43.3 Å². The van der Waals surface area contributed by atoms with Gasteiger partial charge >= 0.3 is 0 Å². The molecule has 3 rings (SSSR count). The zero-order valence-electron chi connectivity index (χ0n) is 15.2. The van der Waals surface area contributed by atoms with Crippen LogP contribution in [-0.4, -0.2) is 40.4 Å². The third-order valence-corrected chi connectivity index (χ3v) is 5.13. The number of benzene rings is 1. The van der Waals surface area contributed by atoms with Gasteiger partial charge in [-0.15, -0.1) is 0 Å². The lowest BCUT2D eigenvalue weighted by molar-refractivity contribution is -0.127. The van der Waals surface area contributed by atoms with Crippen molar-refractivity contribution in [3.05, 3.63) is 46.7 Å². The number of rotatable bonds is 5. The van der Waals surface area contributed by atoms with Crippen molar-refractivity contribution in [2.75, 3.05) is 23.7 Å². The van der Waals surface area contributed by atoms with Gasteiger partial charge in [0.2, 0.25) is 5.91 Å². The van der Waals surface area contributed by atoms with Gasteiger partial charge in [-0.2, -0.15) is 0 Å². The number of amides is 2. The summed E-state index contributed by atoms with van der Waals surface area (Å²) in [6, 6.07) is 7.23. The zero-order valence-corrected chi connectivity index (χ0v) is 15.9. The largest absolute Gasteiger partial charge is 0.383 e. The summed E-state index contributed by atoms with van der Waals surface area (Å²) >= 11 is 5.87. The highest BCUT2D eigenvalue weighted by atomic mass is 35.5. The molecule has 7 N–H and O–H groups in total. The van der Waals surface area contributed by atoms with Crippen LogP contribution in [0.4, 0.5) is 11.6 Å². The van der Waals surface area contributed by atoms with Crippen LogP contribution >= 0.6 is 11.6 Å². The average molecular weight is 404 g/mol. The van der Waals surface area contributed by atoms with E-state index in [0.717, 1.165) is 5.56 Å². The van der Waals surface area contributed by atoms with Crippen LogP contribution in [0.2, 0.25) is 5.02 Å². The molecule has 0 spiro atoms. The van der Waals surface area contributed by atoms with Gasteiger partial charge in [-0.05, 0) is 30.5 Å². The predicted molar refractivity (Wildman–Crippen MR) is 107 cm³/mol. The van der Waals surface area contributed by atoms with Gasteiger partial charge in [-0.1, -0.05) is 23.7 Å². The molecule has 2 heterocycles. The van der Waals surface area contributed by atoms with E-state index < -0.39 is 11.4 Å². The smallest absolute Gasteiger partial charge is 0.256 e. The Bertz CT molecular complexity index is 880. The number of anilines is 2. The Kier molecular flexibility index (Phi) is 5.66. The molecule has 0 unspecified atom stereocenters. The lowest BCUT2D eigenvalue weighted by Gasteiger charge is -2.39. The molecule has 1 saturated heterocycles. The normalized spacial score (nSPS) is 15.9. The van der Waals surface area contributed by atoms with E-state index in [9.17, 15) is 9.59 Å². The number of carbonyl (C=O) groups excluding carboxylic acids is 2. The molecule has 1 aromatic heterocycles. The number of nitrogen functional groups attached to an aromatic ring is 1. The van der Waals surface area contributed by atoms with Gasteiger partial charge in [0.05, 0.1) is 5.54 Å². The first-order chi connectivity index (χ1) is 13.3. The van der Waals surface area contributed by atoms with Gasteiger partial charge < -0.3 is 27.4 Å². The summed E-state index contributed by atoms with van der Waals surface area (Å²) in [6.45, 7) is 1.23. The van der Waals surface area contributed by atoms with E-state index in [-0.39, 0.29) is 17.3 Å². The average Bonchev–Trinajstić information content (AvgIpc) is 2.67. The molecule has 0 atom stereocenters. The molecule has 2 amide bonds. The molecule has 1 aliphatic rings. The van der Waals surface area contributed by atoms with Crippen LogP contribution in [-0.2, 0) is 11.3 Å². The molecule has 0 radical (unpaired) electrons. The van der Waals surface area contributed by atoms with Gasteiger partial charge in [0.1, 0.15) is 23.5 Å². The maximum absolute atomic E-state index is 12.6. The summed E-state index contributed by atoms with van der Waals surface area (Å²) in [5, 5.41) is 3.51. The van der Waals surface area contributed by atoms with Crippen molar-refractivity contribution in [3.8, 4) is 0 Å². The summed E-state index contributed by atoms with van der Waals surface area (Å²) in [6.07, 6.45) is 2.06. The number of aromatic nitrogens is 2. The second-order valence-electron chi connectivity index (χ2n) is 6.77. The molecule has 1 fully saturated rings. The molecule has 0 saturated carbocycles. The molecular formula is C18H22ClN7O2. The Morgan fingerprint density at radius 2 is 1.82 bits per heavy atom. The van der Waals surface area contributed by atoms with Crippen molar-refractivity contribution in [1.82, 2.24) is 15.3 Å². The van der Waals surface area contributed by atoms with Crippen LogP contribution in [0.25, 0.3) is 0 Å². The van der Waals surface area contributed by atoms with Crippen LogP contribution in [0.3, 0.4) is 0 Å². The lowest BCUT2D eigenvalue weighted by atomic mass is 9.87. The number of nitrogens with one attached hydrogen (secondary N) is 1. The summed E-state index contributed by atoms with van der Waals surface area (Å²) in [7, 11) is 0. The van der Waals surface area contributed by atoms with E-state index in [1.165, 1.54) is 6.33 Å². The van der Waals surface area contributed by atoms with Gasteiger partial charge in [-0.3, -0.25) is 9.59 Å². The minimum absolute atomic E-state index is 0.0304. The summed E-state index contributed by atoms with van der Waals surface area (Å²) < 4.78 is 0. The molecule has 148 valence electrons. The highest BCUT2D eigenvalue weighted by Crippen LogP contribution is 2.27. The van der Waals surface area contributed by atoms with Crippen LogP contribution in [0.5, 0.6) is 0 Å². The third kappa shape index (κ3) is 4.15. The third-order valence-electron chi connectivity index (χ3n) is 4.88. The van der Waals surface area contributed by atoms with Gasteiger partial charge in [0.15, 0.2) is 0 Å². The number of halogens is 1. The summed E-state index contributed by atoms with van der Waals surface area (Å²) in [5.41, 5.74) is 17.5. The van der Waals surface area contributed by atoms with Crippen LogP contribution in [0, 0.1) is 0 Å². The fourth-order valence-electron chi connectivity index (χ4n) is 3.17. The first-order valence-electron chi connectivity index (χ1n) is 8.77. The molecule has 10 heteroatoms. The van der Waals surface area contributed by atoms with Crippen LogP contribution in [0.15, 0.2) is 30.6 Å². The number of primary amides is 1. The van der Waals surface area contributed by atoms with Gasteiger partial charge in [-0.25, -0.2) is 9.97 Å². The highest BCUT2D eigenvalue weighted by molar-refractivity contribution is 6.30. The second-order valence-corrected chi connectivity index (χ2v) is 7.21. The van der Waals surface area contributed by atoms with Gasteiger partial charge in [0.25, 0.3) is 5.91 Å². The highest BCUT2D eigenvalue weighted by Gasteiger charge is 2.38. The molecule has 1 aromatic carbocycles. The Morgan fingerprint density at radius 1 is 1.18 bits per heavy atom. The molecule has 2 aromatic rings. The first-order valence-corrected chi connectivity index (χ1v) is 9.15. The number of carbonyl (C=O) groups is 2. The molecule has 0 aliphatic carbocycles. The fraction of sp³-hybridized carbons (Fsp3) is 0.333. The van der Waals surface area contributed by atoms with E-state index >= 15 is 0 Å². The first kappa shape index (κ1) is 19.8. The molecular weight excluding hydrogens is 382 g/mol. The zero-order chi connectivity index (χ0) is 20.3. The predicted octanol–water partition coefficient (Wildman–Crippen LogP) is 0.425. The van der Waals surface area contributed by atoms with Crippen LogP contribution < -0.4 is 27.4 Å². The second kappa shape index (κ2) is 7.99. The van der Waals surface area contributed by atoms with Crippen molar-refractivity contribution < 1.29 is 9.59 Å². The summed E-state index contributed by atoms with van der Waals surface area (Å²) in [4.78, 5) is 34.1. The molecule has 9 nitrogen and oxygen atoms in total. The van der Waals surface area contributed by atoms with E-state index in [2.05, 4.69) is 15.3 Å². The van der Waals surface area contributed by atoms with Crippen molar-refractivity contribution in [1.29, 1.82) is 0 Å². The molecule has 0 bridgehead atoms. The number of hydrogen-bond acceptors (Lipinski definition) is 7. The van der Waals surface area contributed by atoms with E-state index in [1.54, 1.807) is 12.1 Å². The van der Waals surface area contributed by atoms with Crippen molar-refractivity contribution in [2.24, 2.45) is 11.5 Å². The number of nitrogens with zero attached hydrogens (tertiary/aromatic N) is 3. The summed E-state index contributed by atoms with van der Waals surface area (Å²) in [5.74, 6) is -0.524. The number of nitrogens with two attached hydrogens (primary N) is 3. The lowest BCUT2D eigenvalue weighted by Crippen LogP contribution is -2.59. The Hall–Kier alpha value is -2.91. The monoisotopic (exact) mass is 403 g/mol. The van der Waals surface area contributed by atoms with Gasteiger partial charge in [0, 0.05) is 24.7 Å². The van der Waals surface area contributed by atoms with Crippen LogP contribution in [0.1, 0.15) is 28.8 Å². The SMILES string of the molecule is NC(=O)c1c(N)ncnc1N1CCC(N)(C(=O)NCc2ccc(Cl)cc2)CC1. The number of hydrogen-bond donors (Lipinski definition) is 4. The van der Waals surface area contributed by atoms with E-state index in [1.807, 2.05) is 17.0 Å². The Balaban J connectivity index is 1.64. The van der Waals surface area contributed by atoms with E-state index in [4.69, 9.17) is 28.8 Å². The minimum atomic E-state index is -1.01. The topological polar surface area (TPSA) is 153 Å². The Labute approximate surface area is 167 Å². The maximum atomic E-state index is 12.6. The maximum Gasteiger partial charge on any atom is 0.256 e. The Morgan fingerprint density at radius 3 is 2.43 bits per heavy atom. The molecule has 28 heavy (non-hydrogen) atoms.